The molecule has 0 bridgehead atoms. The van der Waals surface area contributed by atoms with E-state index in [0.29, 0.717) is 22.6 Å². The molecule has 7 nitrogen and oxygen atoms in total. The second-order valence-corrected chi connectivity index (χ2v) is 13.7. The zero-order valence-corrected chi connectivity index (χ0v) is 24.8. The molecule has 0 atom stereocenters. The van der Waals surface area contributed by atoms with E-state index in [2.05, 4.69) is 28.5 Å². The number of halogens is 1. The van der Waals surface area contributed by atoms with Crippen LogP contribution in [0.15, 0.2) is 83.0 Å². The van der Waals surface area contributed by atoms with Gasteiger partial charge in [-0.25, -0.2) is 22.5 Å². The molecule has 1 amide bonds. The predicted octanol–water partition coefficient (Wildman–Crippen LogP) is 6.30. The number of pyridine rings is 1. The first kappa shape index (κ1) is 29.5. The Morgan fingerprint density at radius 1 is 1.05 bits per heavy atom. The number of aromatic nitrogens is 3. The molecule has 40 heavy (non-hydrogen) atoms. The summed E-state index contributed by atoms with van der Waals surface area (Å²) in [5.41, 5.74) is 0.905. The summed E-state index contributed by atoms with van der Waals surface area (Å²) in [6.07, 6.45) is 4.92. The van der Waals surface area contributed by atoms with Crippen LogP contribution in [-0.4, -0.2) is 34.6 Å². The average molecular weight is 581 g/mol. The summed E-state index contributed by atoms with van der Waals surface area (Å²) in [6.45, 7) is 10.6. The van der Waals surface area contributed by atoms with Gasteiger partial charge in [0.2, 0.25) is 0 Å². The molecular formula is C30H33FN4O3S2. The van der Waals surface area contributed by atoms with Crippen LogP contribution in [0, 0.1) is 11.7 Å². The Bertz CT molecular complexity index is 1610. The minimum atomic E-state index is -4.30. The SMILES string of the molecule is CC(C)CSc1ccc(S(=O)(=O)NC(=O)c2ccccn2)c(-c2ccc(Cn3ccnc3C(C)(C)C)c(F)c2)c1. The Morgan fingerprint density at radius 2 is 1.82 bits per heavy atom. The highest BCUT2D eigenvalue weighted by atomic mass is 32.2. The van der Waals surface area contributed by atoms with Crippen molar-refractivity contribution in [1.82, 2.24) is 19.3 Å². The van der Waals surface area contributed by atoms with Crippen molar-refractivity contribution in [2.45, 2.75) is 56.4 Å². The minimum Gasteiger partial charge on any atom is -0.330 e. The van der Waals surface area contributed by atoms with Crippen molar-refractivity contribution in [1.29, 1.82) is 0 Å². The molecule has 2 aromatic carbocycles. The molecule has 0 spiro atoms. The van der Waals surface area contributed by atoms with Crippen LogP contribution in [0.5, 0.6) is 0 Å². The van der Waals surface area contributed by atoms with Crippen molar-refractivity contribution < 1.29 is 17.6 Å². The van der Waals surface area contributed by atoms with Crippen LogP contribution in [0.3, 0.4) is 0 Å². The summed E-state index contributed by atoms with van der Waals surface area (Å²) in [5.74, 6) is 0.778. The van der Waals surface area contributed by atoms with E-state index >= 15 is 4.39 Å². The Morgan fingerprint density at radius 3 is 2.48 bits per heavy atom. The van der Waals surface area contributed by atoms with E-state index in [1.54, 1.807) is 54.4 Å². The number of nitrogens with zero attached hydrogens (tertiary/aromatic N) is 3. The molecule has 0 aliphatic carbocycles. The lowest BCUT2D eigenvalue weighted by Gasteiger charge is -2.20. The summed E-state index contributed by atoms with van der Waals surface area (Å²) in [4.78, 5) is 21.7. The van der Waals surface area contributed by atoms with E-state index in [1.165, 1.54) is 24.4 Å². The lowest BCUT2D eigenvalue weighted by atomic mass is 9.95. The molecule has 0 unspecified atom stereocenters. The normalized spacial score (nSPS) is 12.1. The van der Waals surface area contributed by atoms with Crippen LogP contribution in [-0.2, 0) is 22.0 Å². The second kappa shape index (κ2) is 11.9. The largest absolute Gasteiger partial charge is 0.330 e. The number of carbonyl (C=O) groups excluding carboxylic acids is 1. The fourth-order valence-electron chi connectivity index (χ4n) is 4.16. The third-order valence-electron chi connectivity index (χ3n) is 6.04. The molecular weight excluding hydrogens is 547 g/mol. The maximum atomic E-state index is 15.5. The number of hydrogen-bond donors (Lipinski definition) is 1. The molecule has 2 aromatic heterocycles. The molecule has 0 saturated carbocycles. The van der Waals surface area contributed by atoms with Crippen LogP contribution < -0.4 is 4.72 Å². The first-order chi connectivity index (χ1) is 18.8. The van der Waals surface area contributed by atoms with Gasteiger partial charge >= 0.3 is 0 Å². The molecule has 0 aliphatic heterocycles. The van der Waals surface area contributed by atoms with Gasteiger partial charge in [-0.15, -0.1) is 11.8 Å². The maximum Gasteiger partial charge on any atom is 0.283 e. The van der Waals surface area contributed by atoms with Gasteiger partial charge in [-0.1, -0.05) is 52.8 Å². The molecule has 4 rings (SSSR count). The van der Waals surface area contributed by atoms with Gasteiger partial charge in [0.05, 0.1) is 11.4 Å². The molecule has 0 saturated heterocycles. The molecule has 210 valence electrons. The van der Waals surface area contributed by atoms with Gasteiger partial charge < -0.3 is 4.57 Å². The lowest BCUT2D eigenvalue weighted by Crippen LogP contribution is -2.31. The third kappa shape index (κ3) is 6.98. The quantitative estimate of drug-likeness (QED) is 0.234. The van der Waals surface area contributed by atoms with Gasteiger partial charge in [0.1, 0.15) is 17.3 Å². The first-order valence-electron chi connectivity index (χ1n) is 12.9. The molecule has 1 N–H and O–H groups in total. The smallest absolute Gasteiger partial charge is 0.283 e. The molecule has 4 aromatic rings. The van der Waals surface area contributed by atoms with E-state index < -0.39 is 21.7 Å². The van der Waals surface area contributed by atoms with Crippen molar-refractivity contribution >= 4 is 27.7 Å². The summed E-state index contributed by atoms with van der Waals surface area (Å²) in [7, 11) is -4.30. The number of imidazole rings is 1. The zero-order valence-electron chi connectivity index (χ0n) is 23.2. The van der Waals surface area contributed by atoms with Gasteiger partial charge in [-0.05, 0) is 47.9 Å². The van der Waals surface area contributed by atoms with Crippen LogP contribution >= 0.6 is 11.8 Å². The highest BCUT2D eigenvalue weighted by Crippen LogP contribution is 2.34. The number of hydrogen-bond acceptors (Lipinski definition) is 6. The van der Waals surface area contributed by atoms with Crippen molar-refractivity contribution in [2.24, 2.45) is 5.92 Å². The number of amides is 1. The van der Waals surface area contributed by atoms with Crippen LogP contribution in [0.2, 0.25) is 0 Å². The summed E-state index contributed by atoms with van der Waals surface area (Å²) in [6, 6.07) is 14.3. The van der Waals surface area contributed by atoms with E-state index in [1.807, 2.05) is 31.5 Å². The monoisotopic (exact) mass is 580 g/mol. The maximum absolute atomic E-state index is 15.5. The summed E-state index contributed by atoms with van der Waals surface area (Å²) < 4.78 is 46.3. The number of carbonyl (C=O) groups is 1. The Kier molecular flexibility index (Phi) is 8.80. The molecule has 0 aliphatic rings. The van der Waals surface area contributed by atoms with Gasteiger partial charge in [-0.3, -0.25) is 9.78 Å². The van der Waals surface area contributed by atoms with Crippen molar-refractivity contribution in [3.8, 4) is 11.1 Å². The van der Waals surface area contributed by atoms with E-state index in [0.717, 1.165) is 16.5 Å². The molecule has 0 fully saturated rings. The average Bonchev–Trinajstić information content (AvgIpc) is 3.38. The van der Waals surface area contributed by atoms with Gasteiger partial charge in [-0.2, -0.15) is 0 Å². The Hall–Kier alpha value is -3.50. The summed E-state index contributed by atoms with van der Waals surface area (Å²) in [5, 5.41) is 0. The minimum absolute atomic E-state index is 0.0266. The van der Waals surface area contributed by atoms with Crippen LogP contribution in [0.1, 0.15) is 56.5 Å². The Balaban J connectivity index is 1.72. The highest BCUT2D eigenvalue weighted by Gasteiger charge is 2.25. The van der Waals surface area contributed by atoms with Crippen molar-refractivity contribution in [2.75, 3.05) is 5.75 Å². The predicted molar refractivity (Wildman–Crippen MR) is 156 cm³/mol. The number of benzene rings is 2. The molecule has 2 heterocycles. The second-order valence-electron chi connectivity index (χ2n) is 10.9. The highest BCUT2D eigenvalue weighted by molar-refractivity contribution is 7.99. The van der Waals surface area contributed by atoms with Crippen molar-refractivity contribution in [3.63, 3.8) is 0 Å². The third-order valence-corrected chi connectivity index (χ3v) is 8.85. The van der Waals surface area contributed by atoms with E-state index in [-0.39, 0.29) is 22.5 Å². The first-order valence-corrected chi connectivity index (χ1v) is 15.4. The molecule has 0 radical (unpaired) electrons. The standard InChI is InChI=1S/C30H33FN4O3S2/c1-20(2)19-39-23-11-12-27(40(37,38)34-28(36)26-8-6-7-13-32-26)24(17-23)21-9-10-22(25(31)16-21)18-35-15-14-33-29(35)30(3,4)5/h6-17,20H,18-19H2,1-5H3,(H,34,36). The van der Waals surface area contributed by atoms with Crippen molar-refractivity contribution in [3.05, 3.63) is 96.1 Å². The number of rotatable bonds is 9. The van der Waals surface area contributed by atoms with Gasteiger partial charge in [0.15, 0.2) is 0 Å². The fourth-order valence-corrected chi connectivity index (χ4v) is 6.22. The number of nitrogens with one attached hydrogen (secondary N) is 1. The topological polar surface area (TPSA) is 94.0 Å². The summed E-state index contributed by atoms with van der Waals surface area (Å²) >= 11 is 1.59. The van der Waals surface area contributed by atoms with Crippen LogP contribution in [0.4, 0.5) is 4.39 Å². The zero-order chi connectivity index (χ0) is 29.1. The van der Waals surface area contributed by atoms with Crippen LogP contribution in [0.25, 0.3) is 11.1 Å². The molecule has 10 heteroatoms. The lowest BCUT2D eigenvalue weighted by molar-refractivity contribution is 0.0976. The van der Waals surface area contributed by atoms with E-state index in [9.17, 15) is 13.2 Å². The number of sulfonamides is 1. The van der Waals surface area contributed by atoms with E-state index in [4.69, 9.17) is 0 Å². The van der Waals surface area contributed by atoms with Gasteiger partial charge in [0, 0.05) is 45.8 Å². The van der Waals surface area contributed by atoms with Gasteiger partial charge in [0.25, 0.3) is 15.9 Å². The number of thioether (sulfide) groups is 1. The fraction of sp³-hybridized carbons (Fsp3) is 0.300. The Labute approximate surface area is 239 Å².